The number of hydrogen-bond acceptors (Lipinski definition) is 6. The Kier molecular flexibility index (Phi) is 4.09. The van der Waals surface area contributed by atoms with Gasteiger partial charge in [0.05, 0.1) is 6.61 Å². The second-order valence-corrected chi connectivity index (χ2v) is 5.81. The van der Waals surface area contributed by atoms with Gasteiger partial charge in [-0.25, -0.2) is 0 Å². The van der Waals surface area contributed by atoms with Crippen molar-refractivity contribution in [1.82, 2.24) is 0 Å². The normalized spacial score (nSPS) is 35.9. The van der Waals surface area contributed by atoms with Gasteiger partial charge >= 0.3 is 0 Å². The van der Waals surface area contributed by atoms with Gasteiger partial charge < -0.3 is 30.1 Å². The molecule has 2 heterocycles. The van der Waals surface area contributed by atoms with Crippen LogP contribution in [0.1, 0.15) is 5.56 Å². The molecule has 2 aliphatic rings. The number of hydrogen-bond donors (Lipinski definition) is 4. The van der Waals surface area contributed by atoms with Gasteiger partial charge in [0.25, 0.3) is 0 Å². The highest BCUT2D eigenvalue weighted by atomic mass is 35.5. The van der Waals surface area contributed by atoms with Crippen LogP contribution in [0.2, 0.25) is 5.02 Å². The van der Waals surface area contributed by atoms with Crippen LogP contribution in [0.4, 0.5) is 5.69 Å². The number of halogens is 1. The van der Waals surface area contributed by atoms with Crippen molar-refractivity contribution < 1.29 is 25.2 Å². The number of aliphatic hydroxyl groups excluding tert-OH is 4. The zero-order valence-electron chi connectivity index (χ0n) is 11.3. The molecule has 1 fully saturated rings. The van der Waals surface area contributed by atoms with Crippen molar-refractivity contribution in [3.8, 4) is 0 Å². The molecule has 0 spiro atoms. The molecule has 116 valence electrons. The molecule has 2 aliphatic heterocycles. The van der Waals surface area contributed by atoms with Crippen molar-refractivity contribution in [2.45, 2.75) is 37.1 Å². The monoisotopic (exact) mass is 315 g/mol. The summed E-state index contributed by atoms with van der Waals surface area (Å²) in [4.78, 5) is 1.81. The fourth-order valence-corrected chi connectivity index (χ4v) is 3.28. The third-order valence-electron chi connectivity index (χ3n) is 4.18. The fraction of sp³-hybridized carbons (Fsp3) is 0.571. The van der Waals surface area contributed by atoms with Gasteiger partial charge in [-0.1, -0.05) is 17.7 Å². The highest BCUT2D eigenvalue weighted by molar-refractivity contribution is 6.31. The minimum atomic E-state index is -1.37. The van der Waals surface area contributed by atoms with E-state index in [9.17, 15) is 20.4 Å². The number of benzene rings is 1. The van der Waals surface area contributed by atoms with Crippen LogP contribution in [0.3, 0.4) is 0 Å². The van der Waals surface area contributed by atoms with E-state index in [0.717, 1.165) is 11.3 Å². The van der Waals surface area contributed by atoms with Gasteiger partial charge in [-0.3, -0.25) is 0 Å². The van der Waals surface area contributed by atoms with Gasteiger partial charge in [-0.2, -0.15) is 0 Å². The molecule has 3 rings (SSSR count). The molecule has 0 aliphatic carbocycles. The van der Waals surface area contributed by atoms with Crippen molar-refractivity contribution in [3.05, 3.63) is 28.8 Å². The van der Waals surface area contributed by atoms with Gasteiger partial charge in [0, 0.05) is 17.3 Å². The molecule has 0 radical (unpaired) electrons. The standard InChI is InChI=1S/C14H18ClNO5/c15-8-2-1-3-9-7(8)4-5-16(9)14-13(20)12(19)11(18)10(6-17)21-14/h1-3,10-14,17-20H,4-6H2/t10-,11-,12+,13-,14-/m1/s1. The molecule has 1 aromatic carbocycles. The maximum Gasteiger partial charge on any atom is 0.159 e. The number of anilines is 1. The average molecular weight is 316 g/mol. The summed E-state index contributed by atoms with van der Waals surface area (Å²) >= 11 is 6.16. The molecule has 6 nitrogen and oxygen atoms in total. The van der Waals surface area contributed by atoms with Gasteiger partial charge in [0.15, 0.2) is 6.23 Å². The van der Waals surface area contributed by atoms with E-state index in [1.807, 2.05) is 17.0 Å². The van der Waals surface area contributed by atoms with Crippen LogP contribution in [-0.4, -0.2) is 64.2 Å². The van der Waals surface area contributed by atoms with E-state index in [-0.39, 0.29) is 0 Å². The Labute approximate surface area is 127 Å². The van der Waals surface area contributed by atoms with E-state index >= 15 is 0 Å². The van der Waals surface area contributed by atoms with Crippen molar-refractivity contribution in [2.24, 2.45) is 0 Å². The Morgan fingerprint density at radius 2 is 1.95 bits per heavy atom. The lowest BCUT2D eigenvalue weighted by Crippen LogP contribution is -2.63. The number of rotatable bonds is 2. The first-order chi connectivity index (χ1) is 10.0. The summed E-state index contributed by atoms with van der Waals surface area (Å²) in [7, 11) is 0. The topological polar surface area (TPSA) is 93.4 Å². The highest BCUT2D eigenvalue weighted by Crippen LogP contribution is 2.37. The maximum absolute atomic E-state index is 10.2. The number of aliphatic hydroxyl groups is 4. The molecular weight excluding hydrogens is 298 g/mol. The van der Waals surface area contributed by atoms with Crippen LogP contribution in [0.25, 0.3) is 0 Å². The summed E-state index contributed by atoms with van der Waals surface area (Å²) in [5.41, 5.74) is 1.81. The van der Waals surface area contributed by atoms with Gasteiger partial charge in [0.1, 0.15) is 24.4 Å². The maximum atomic E-state index is 10.2. The Bertz CT molecular complexity index is 526. The molecule has 0 aromatic heterocycles. The molecule has 4 N–H and O–H groups in total. The largest absolute Gasteiger partial charge is 0.394 e. The quantitative estimate of drug-likeness (QED) is 0.588. The fourth-order valence-electron chi connectivity index (χ4n) is 3.02. The third kappa shape index (κ3) is 2.42. The predicted octanol–water partition coefficient (Wildman–Crippen LogP) is -0.498. The Hall–Kier alpha value is -0.890. The SMILES string of the molecule is OC[C@H]1O[C@@H](N2CCc3c(Cl)cccc32)[C@H](O)[C@@H](O)[C@@H]1O. The summed E-state index contributed by atoms with van der Waals surface area (Å²) in [6, 6.07) is 5.48. The Morgan fingerprint density at radius 1 is 1.19 bits per heavy atom. The first-order valence-electron chi connectivity index (χ1n) is 6.89. The lowest BCUT2D eigenvalue weighted by atomic mass is 9.97. The zero-order chi connectivity index (χ0) is 15.1. The van der Waals surface area contributed by atoms with Crippen LogP contribution in [-0.2, 0) is 11.2 Å². The molecule has 21 heavy (non-hydrogen) atoms. The number of fused-ring (bicyclic) bond motifs is 1. The minimum Gasteiger partial charge on any atom is -0.394 e. The Balaban J connectivity index is 1.90. The Morgan fingerprint density at radius 3 is 2.67 bits per heavy atom. The van der Waals surface area contributed by atoms with Crippen LogP contribution < -0.4 is 4.90 Å². The average Bonchev–Trinajstić information content (AvgIpc) is 2.91. The molecular formula is C14H18ClNO5. The molecule has 0 amide bonds. The number of ether oxygens (including phenoxy) is 1. The van der Waals surface area contributed by atoms with Gasteiger partial charge in [-0.05, 0) is 24.1 Å². The zero-order valence-corrected chi connectivity index (χ0v) is 12.0. The molecule has 1 aromatic rings. The van der Waals surface area contributed by atoms with Crippen molar-refractivity contribution in [1.29, 1.82) is 0 Å². The van der Waals surface area contributed by atoms with E-state index in [1.54, 1.807) is 6.07 Å². The van der Waals surface area contributed by atoms with Crippen molar-refractivity contribution in [3.63, 3.8) is 0 Å². The minimum absolute atomic E-state index is 0.433. The second kappa shape index (κ2) is 5.72. The lowest BCUT2D eigenvalue weighted by Gasteiger charge is -2.44. The molecule has 0 saturated carbocycles. The summed E-state index contributed by atoms with van der Waals surface area (Å²) < 4.78 is 5.58. The van der Waals surface area contributed by atoms with Crippen molar-refractivity contribution >= 4 is 17.3 Å². The summed E-state index contributed by atoms with van der Waals surface area (Å²) in [5, 5.41) is 39.8. The van der Waals surface area contributed by atoms with Crippen LogP contribution in [0, 0.1) is 0 Å². The van der Waals surface area contributed by atoms with Crippen molar-refractivity contribution in [2.75, 3.05) is 18.1 Å². The smallest absolute Gasteiger partial charge is 0.159 e. The molecule has 5 atom stereocenters. The van der Waals surface area contributed by atoms with E-state index in [2.05, 4.69) is 0 Å². The third-order valence-corrected chi connectivity index (χ3v) is 4.53. The molecule has 0 bridgehead atoms. The van der Waals surface area contributed by atoms with Crippen LogP contribution in [0.15, 0.2) is 18.2 Å². The molecule has 7 heteroatoms. The summed E-state index contributed by atoms with van der Waals surface area (Å²) in [5.74, 6) is 0. The predicted molar refractivity (Wildman–Crippen MR) is 76.3 cm³/mol. The second-order valence-electron chi connectivity index (χ2n) is 5.40. The van der Waals surface area contributed by atoms with E-state index in [0.29, 0.717) is 18.0 Å². The van der Waals surface area contributed by atoms with Crippen LogP contribution >= 0.6 is 11.6 Å². The summed E-state index contributed by atoms with van der Waals surface area (Å²) in [6.07, 6.45) is -5.01. The first-order valence-corrected chi connectivity index (χ1v) is 7.27. The molecule has 0 unspecified atom stereocenters. The van der Waals surface area contributed by atoms with E-state index in [4.69, 9.17) is 16.3 Å². The molecule has 1 saturated heterocycles. The number of nitrogens with zero attached hydrogens (tertiary/aromatic N) is 1. The van der Waals surface area contributed by atoms with Crippen LogP contribution in [0.5, 0.6) is 0 Å². The van der Waals surface area contributed by atoms with E-state index < -0.39 is 37.3 Å². The lowest BCUT2D eigenvalue weighted by molar-refractivity contribution is -0.228. The summed E-state index contributed by atoms with van der Waals surface area (Å²) in [6.45, 7) is 0.152. The highest BCUT2D eigenvalue weighted by Gasteiger charge is 2.46. The van der Waals surface area contributed by atoms with Gasteiger partial charge in [-0.15, -0.1) is 0 Å². The van der Waals surface area contributed by atoms with E-state index in [1.165, 1.54) is 0 Å². The first kappa shape index (κ1) is 15.0. The van der Waals surface area contributed by atoms with Gasteiger partial charge in [0.2, 0.25) is 0 Å².